The summed E-state index contributed by atoms with van der Waals surface area (Å²) in [5, 5.41) is 0. The fourth-order valence-electron chi connectivity index (χ4n) is 1.32. The molecule has 0 fully saturated rings. The van der Waals surface area contributed by atoms with Crippen LogP contribution in [0.5, 0.6) is 0 Å². The first-order valence-corrected chi connectivity index (χ1v) is 5.05. The van der Waals surface area contributed by atoms with E-state index in [2.05, 4.69) is 41.9 Å². The lowest BCUT2D eigenvalue weighted by Gasteiger charge is -2.08. The summed E-state index contributed by atoms with van der Waals surface area (Å²) in [5.74, 6) is 0. The molecule has 0 aliphatic rings. The molecule has 0 atom stereocenters. The van der Waals surface area contributed by atoms with Gasteiger partial charge in [0.1, 0.15) is 0 Å². The molecule has 0 saturated heterocycles. The lowest BCUT2D eigenvalue weighted by molar-refractivity contribution is 1.09. The first kappa shape index (κ1) is 13.0. The molecule has 0 spiro atoms. The van der Waals surface area contributed by atoms with Crippen molar-refractivity contribution < 1.29 is 0 Å². The number of benzene rings is 1. The average Bonchev–Trinajstić information content (AvgIpc) is 2.08. The molecule has 0 aliphatic heterocycles. The van der Waals surface area contributed by atoms with Crippen molar-refractivity contribution in [1.29, 1.82) is 0 Å². The standard InChI is InChI=1S/C10H14BrN.BrH/c1-3-7-5-9(11)6-8(4-2)10(7)12;/h5-6H,3-4,12H2,1-2H3;1H. The van der Waals surface area contributed by atoms with Crippen LogP contribution in [0.3, 0.4) is 0 Å². The summed E-state index contributed by atoms with van der Waals surface area (Å²) in [4.78, 5) is 0. The number of anilines is 1. The van der Waals surface area contributed by atoms with Crippen molar-refractivity contribution in [3.8, 4) is 0 Å². The molecule has 1 nitrogen and oxygen atoms in total. The third kappa shape index (κ3) is 2.99. The Hall–Kier alpha value is -0.0200. The maximum atomic E-state index is 5.95. The van der Waals surface area contributed by atoms with Gasteiger partial charge in [0, 0.05) is 10.2 Å². The van der Waals surface area contributed by atoms with Gasteiger partial charge in [-0.2, -0.15) is 0 Å². The normalized spacial score (nSPS) is 9.46. The number of halogens is 2. The van der Waals surface area contributed by atoms with Crippen molar-refractivity contribution in [2.24, 2.45) is 0 Å². The van der Waals surface area contributed by atoms with E-state index in [0.717, 1.165) is 23.0 Å². The zero-order chi connectivity index (χ0) is 9.14. The minimum Gasteiger partial charge on any atom is -0.398 e. The average molecular weight is 309 g/mol. The first-order valence-electron chi connectivity index (χ1n) is 4.25. The summed E-state index contributed by atoms with van der Waals surface area (Å²) in [5.41, 5.74) is 9.39. The van der Waals surface area contributed by atoms with E-state index >= 15 is 0 Å². The molecule has 2 N–H and O–H groups in total. The highest BCUT2D eigenvalue weighted by molar-refractivity contribution is 9.10. The zero-order valence-corrected chi connectivity index (χ0v) is 11.2. The summed E-state index contributed by atoms with van der Waals surface area (Å²) in [6.45, 7) is 4.25. The molecule has 0 bridgehead atoms. The van der Waals surface area contributed by atoms with Crippen LogP contribution in [0.1, 0.15) is 25.0 Å². The van der Waals surface area contributed by atoms with E-state index in [1.54, 1.807) is 0 Å². The Morgan fingerprint density at radius 1 is 1.15 bits per heavy atom. The summed E-state index contributed by atoms with van der Waals surface area (Å²) < 4.78 is 1.13. The van der Waals surface area contributed by atoms with E-state index in [1.807, 2.05) is 0 Å². The number of hydrogen-bond donors (Lipinski definition) is 1. The number of hydrogen-bond acceptors (Lipinski definition) is 1. The van der Waals surface area contributed by atoms with Gasteiger partial charge in [-0.15, -0.1) is 17.0 Å². The lowest BCUT2D eigenvalue weighted by Crippen LogP contribution is -1.98. The Labute approximate surface area is 98.6 Å². The van der Waals surface area contributed by atoms with E-state index < -0.39 is 0 Å². The molecule has 1 rings (SSSR count). The minimum absolute atomic E-state index is 0. The van der Waals surface area contributed by atoms with Gasteiger partial charge >= 0.3 is 0 Å². The monoisotopic (exact) mass is 307 g/mol. The number of nitrogen functional groups attached to an aromatic ring is 1. The molecule has 0 heterocycles. The molecule has 1 aromatic rings. The molecular formula is C10H15Br2N. The number of nitrogens with two attached hydrogens (primary N) is 1. The second-order valence-electron chi connectivity index (χ2n) is 2.84. The maximum absolute atomic E-state index is 5.95. The predicted octanol–water partition coefficient (Wildman–Crippen LogP) is 3.73. The van der Waals surface area contributed by atoms with E-state index in [0.29, 0.717) is 0 Å². The Kier molecular flexibility index (Phi) is 5.65. The van der Waals surface area contributed by atoms with Crippen LogP contribution in [0.15, 0.2) is 16.6 Å². The summed E-state index contributed by atoms with van der Waals surface area (Å²) in [6, 6.07) is 4.18. The molecule has 1 aromatic carbocycles. The largest absolute Gasteiger partial charge is 0.398 e. The van der Waals surface area contributed by atoms with Crippen LogP contribution in [0.25, 0.3) is 0 Å². The topological polar surface area (TPSA) is 26.0 Å². The van der Waals surface area contributed by atoms with Gasteiger partial charge in [0.05, 0.1) is 0 Å². The third-order valence-electron chi connectivity index (χ3n) is 2.08. The number of aryl methyl sites for hydroxylation is 2. The van der Waals surface area contributed by atoms with Crippen LogP contribution in [-0.4, -0.2) is 0 Å². The van der Waals surface area contributed by atoms with Gasteiger partial charge in [-0.05, 0) is 36.1 Å². The van der Waals surface area contributed by atoms with Crippen LogP contribution >= 0.6 is 32.9 Å². The van der Waals surface area contributed by atoms with Crippen molar-refractivity contribution in [2.45, 2.75) is 26.7 Å². The smallest absolute Gasteiger partial charge is 0.0379 e. The SMILES string of the molecule is Br.CCc1cc(Br)cc(CC)c1N. The highest BCUT2D eigenvalue weighted by atomic mass is 79.9. The molecule has 0 saturated carbocycles. The van der Waals surface area contributed by atoms with E-state index in [4.69, 9.17) is 5.73 Å². The maximum Gasteiger partial charge on any atom is 0.0379 e. The van der Waals surface area contributed by atoms with Gasteiger partial charge < -0.3 is 5.73 Å². The van der Waals surface area contributed by atoms with E-state index in [9.17, 15) is 0 Å². The molecule has 0 aromatic heterocycles. The van der Waals surface area contributed by atoms with Gasteiger partial charge in [0.25, 0.3) is 0 Å². The van der Waals surface area contributed by atoms with Gasteiger partial charge in [-0.1, -0.05) is 29.8 Å². The summed E-state index contributed by atoms with van der Waals surface area (Å²) in [7, 11) is 0. The van der Waals surface area contributed by atoms with Gasteiger partial charge in [0.2, 0.25) is 0 Å². The van der Waals surface area contributed by atoms with Crippen molar-refractivity contribution in [2.75, 3.05) is 5.73 Å². The molecule has 0 amide bonds. The van der Waals surface area contributed by atoms with E-state index in [-0.39, 0.29) is 17.0 Å². The molecule has 3 heteroatoms. The summed E-state index contributed by atoms with van der Waals surface area (Å²) >= 11 is 3.47. The van der Waals surface area contributed by atoms with Crippen LogP contribution in [0.4, 0.5) is 5.69 Å². The van der Waals surface area contributed by atoms with Crippen LogP contribution in [0.2, 0.25) is 0 Å². The molecule has 74 valence electrons. The molecule has 0 unspecified atom stereocenters. The Morgan fingerprint density at radius 3 is 1.85 bits per heavy atom. The van der Waals surface area contributed by atoms with Crippen LogP contribution in [0, 0.1) is 0 Å². The molecular weight excluding hydrogens is 294 g/mol. The summed E-state index contributed by atoms with van der Waals surface area (Å²) in [6.07, 6.45) is 2.00. The van der Waals surface area contributed by atoms with Gasteiger partial charge in [-0.3, -0.25) is 0 Å². The van der Waals surface area contributed by atoms with Crippen LogP contribution in [-0.2, 0) is 12.8 Å². The number of rotatable bonds is 2. The van der Waals surface area contributed by atoms with Crippen molar-refractivity contribution in [3.63, 3.8) is 0 Å². The third-order valence-corrected chi connectivity index (χ3v) is 2.54. The van der Waals surface area contributed by atoms with E-state index in [1.165, 1.54) is 11.1 Å². The predicted molar refractivity (Wildman–Crippen MR) is 67.6 cm³/mol. The van der Waals surface area contributed by atoms with Crippen molar-refractivity contribution >= 4 is 38.6 Å². The molecule has 0 aliphatic carbocycles. The lowest BCUT2D eigenvalue weighted by atomic mass is 10.0. The minimum atomic E-state index is 0. The Balaban J connectivity index is 0.00000144. The molecule has 0 radical (unpaired) electrons. The quantitative estimate of drug-likeness (QED) is 0.828. The van der Waals surface area contributed by atoms with Gasteiger partial charge in [0.15, 0.2) is 0 Å². The highest BCUT2D eigenvalue weighted by Crippen LogP contribution is 2.24. The van der Waals surface area contributed by atoms with Crippen molar-refractivity contribution in [1.82, 2.24) is 0 Å². The second kappa shape index (κ2) is 5.66. The van der Waals surface area contributed by atoms with Crippen LogP contribution < -0.4 is 5.73 Å². The zero-order valence-electron chi connectivity index (χ0n) is 7.93. The Bertz CT molecular complexity index is 259. The van der Waals surface area contributed by atoms with Gasteiger partial charge in [-0.25, -0.2) is 0 Å². The second-order valence-corrected chi connectivity index (χ2v) is 3.76. The fraction of sp³-hybridized carbons (Fsp3) is 0.400. The van der Waals surface area contributed by atoms with Crippen molar-refractivity contribution in [3.05, 3.63) is 27.7 Å². The molecule has 13 heavy (non-hydrogen) atoms. The fourth-order valence-corrected chi connectivity index (χ4v) is 1.87. The highest BCUT2D eigenvalue weighted by Gasteiger charge is 2.03. The Morgan fingerprint density at radius 2 is 1.54 bits per heavy atom. The first-order chi connectivity index (χ1) is 5.69.